The van der Waals surface area contributed by atoms with Gasteiger partial charge < -0.3 is 19.7 Å². The van der Waals surface area contributed by atoms with Crippen molar-refractivity contribution in [3.63, 3.8) is 0 Å². The number of thiophene rings is 1. The average Bonchev–Trinajstić information content (AvgIpc) is 3.03. The molecule has 1 N–H and O–H groups in total. The van der Waals surface area contributed by atoms with Crippen molar-refractivity contribution in [1.29, 1.82) is 0 Å². The lowest BCUT2D eigenvalue weighted by Gasteiger charge is -2.22. The Bertz CT molecular complexity index is 904. The molecule has 0 saturated heterocycles. The smallest absolute Gasteiger partial charge is 0.341 e. The van der Waals surface area contributed by atoms with Crippen LogP contribution in [0, 0.1) is 0 Å². The van der Waals surface area contributed by atoms with E-state index in [4.69, 9.17) is 9.47 Å². The molecular formula is C21H24N2O4S. The first kappa shape index (κ1) is 20.1. The van der Waals surface area contributed by atoms with E-state index in [2.05, 4.69) is 10.2 Å². The highest BCUT2D eigenvalue weighted by Gasteiger charge is 2.28. The summed E-state index contributed by atoms with van der Waals surface area (Å²) in [6.07, 6.45) is 3.93. The maximum absolute atomic E-state index is 12.5. The number of nitrogens with zero attached hydrogens (tertiary/aromatic N) is 1. The van der Waals surface area contributed by atoms with E-state index in [9.17, 15) is 9.59 Å². The molecule has 6 nitrogen and oxygen atoms in total. The summed E-state index contributed by atoms with van der Waals surface area (Å²) < 4.78 is 10.4. The van der Waals surface area contributed by atoms with Gasteiger partial charge in [0.25, 0.3) is 0 Å². The number of methoxy groups -OCH3 is 1. The molecule has 7 heteroatoms. The first-order valence-corrected chi connectivity index (χ1v) is 9.96. The minimum Gasteiger partial charge on any atom is -0.497 e. The van der Waals surface area contributed by atoms with Crippen LogP contribution in [0.25, 0.3) is 6.08 Å². The minimum atomic E-state index is -0.378. The summed E-state index contributed by atoms with van der Waals surface area (Å²) in [6, 6.07) is 7.43. The third-order valence-corrected chi connectivity index (χ3v) is 5.62. The lowest BCUT2D eigenvalue weighted by atomic mass is 10.0. The number of hydrogen-bond acceptors (Lipinski definition) is 6. The Kier molecular flexibility index (Phi) is 6.49. The molecule has 0 radical (unpaired) electrons. The minimum absolute atomic E-state index is 0.291. The highest BCUT2D eigenvalue weighted by Crippen LogP contribution is 2.37. The van der Waals surface area contributed by atoms with Crippen LogP contribution in [0.5, 0.6) is 5.75 Å². The SMILES string of the molecule is CCOC(=O)c1c(NC(=O)/C=C/c2cccc(OC)c2)sc2c1CCN(C)C2. The van der Waals surface area contributed by atoms with Gasteiger partial charge in [0.15, 0.2) is 0 Å². The fourth-order valence-electron chi connectivity index (χ4n) is 3.11. The number of rotatable bonds is 6. The molecule has 0 bridgehead atoms. The number of carbonyl (C=O) groups excluding carboxylic acids is 2. The van der Waals surface area contributed by atoms with Gasteiger partial charge in [-0.05, 0) is 49.7 Å². The van der Waals surface area contributed by atoms with E-state index in [1.54, 1.807) is 20.1 Å². The van der Waals surface area contributed by atoms with E-state index < -0.39 is 0 Å². The van der Waals surface area contributed by atoms with Crippen LogP contribution in [0.1, 0.15) is 33.3 Å². The zero-order chi connectivity index (χ0) is 20.1. The second kappa shape index (κ2) is 9.03. The van der Waals surface area contributed by atoms with Crippen molar-refractivity contribution in [2.75, 3.05) is 32.6 Å². The molecule has 28 heavy (non-hydrogen) atoms. The van der Waals surface area contributed by atoms with Crippen molar-refractivity contribution in [1.82, 2.24) is 4.90 Å². The maximum Gasteiger partial charge on any atom is 0.341 e. The van der Waals surface area contributed by atoms with Crippen molar-refractivity contribution in [3.05, 3.63) is 51.9 Å². The highest BCUT2D eigenvalue weighted by atomic mass is 32.1. The summed E-state index contributed by atoms with van der Waals surface area (Å²) >= 11 is 1.45. The van der Waals surface area contributed by atoms with Gasteiger partial charge in [0.2, 0.25) is 5.91 Å². The Labute approximate surface area is 168 Å². The third kappa shape index (κ3) is 4.61. The van der Waals surface area contributed by atoms with Crippen molar-refractivity contribution in [3.8, 4) is 5.75 Å². The first-order valence-electron chi connectivity index (χ1n) is 9.15. The van der Waals surface area contributed by atoms with Crippen LogP contribution in [0.2, 0.25) is 0 Å². The number of likely N-dealkylation sites (N-methyl/N-ethyl adjacent to an activating group) is 1. The largest absolute Gasteiger partial charge is 0.497 e. The molecule has 3 rings (SSSR count). The Hall–Kier alpha value is -2.64. The molecule has 0 unspecified atom stereocenters. The van der Waals surface area contributed by atoms with Crippen LogP contribution >= 0.6 is 11.3 Å². The molecule has 0 saturated carbocycles. The zero-order valence-corrected chi connectivity index (χ0v) is 17.1. The Balaban J connectivity index is 1.81. The van der Waals surface area contributed by atoms with Crippen molar-refractivity contribution in [2.24, 2.45) is 0 Å². The second-order valence-electron chi connectivity index (χ2n) is 6.52. The number of nitrogens with one attached hydrogen (secondary N) is 1. The molecule has 0 atom stereocenters. The molecule has 148 valence electrons. The van der Waals surface area contributed by atoms with E-state index in [0.717, 1.165) is 41.3 Å². The van der Waals surface area contributed by atoms with Gasteiger partial charge >= 0.3 is 5.97 Å². The normalized spacial score (nSPS) is 14.0. The molecule has 2 heterocycles. The van der Waals surface area contributed by atoms with Gasteiger partial charge in [-0.25, -0.2) is 4.79 Å². The van der Waals surface area contributed by atoms with Crippen molar-refractivity contribution in [2.45, 2.75) is 19.9 Å². The molecule has 1 aliphatic heterocycles. The van der Waals surface area contributed by atoms with Gasteiger partial charge in [-0.1, -0.05) is 12.1 Å². The van der Waals surface area contributed by atoms with E-state index in [-0.39, 0.29) is 11.9 Å². The van der Waals surface area contributed by atoms with Crippen LogP contribution in [0.4, 0.5) is 5.00 Å². The number of esters is 1. The zero-order valence-electron chi connectivity index (χ0n) is 16.3. The summed E-state index contributed by atoms with van der Waals surface area (Å²) in [5.74, 6) is 0.0548. The van der Waals surface area contributed by atoms with Gasteiger partial charge in [-0.3, -0.25) is 4.79 Å². The van der Waals surface area contributed by atoms with Gasteiger partial charge in [0.05, 0.1) is 19.3 Å². The lowest BCUT2D eigenvalue weighted by Crippen LogP contribution is -2.26. The fourth-order valence-corrected chi connectivity index (χ4v) is 4.43. The van der Waals surface area contributed by atoms with Crippen molar-refractivity contribution < 1.29 is 19.1 Å². The lowest BCUT2D eigenvalue weighted by molar-refractivity contribution is -0.111. The molecule has 1 aromatic carbocycles. The molecule has 0 aliphatic carbocycles. The first-order chi connectivity index (χ1) is 13.5. The quantitative estimate of drug-likeness (QED) is 0.593. The summed E-state index contributed by atoms with van der Waals surface area (Å²) in [5.41, 5.74) is 2.35. The average molecular weight is 401 g/mol. The van der Waals surface area contributed by atoms with E-state index >= 15 is 0 Å². The number of ether oxygens (including phenoxy) is 2. The number of anilines is 1. The summed E-state index contributed by atoms with van der Waals surface area (Å²) in [7, 11) is 3.64. The maximum atomic E-state index is 12.5. The number of amides is 1. The Morgan fingerprint density at radius 2 is 2.18 bits per heavy atom. The number of fused-ring (bicyclic) bond motifs is 1. The van der Waals surface area contributed by atoms with Gasteiger partial charge in [-0.2, -0.15) is 0 Å². The van der Waals surface area contributed by atoms with Crippen molar-refractivity contribution >= 4 is 34.3 Å². The number of hydrogen-bond donors (Lipinski definition) is 1. The van der Waals surface area contributed by atoms with Crippen LogP contribution < -0.4 is 10.1 Å². The van der Waals surface area contributed by atoms with E-state index in [0.29, 0.717) is 17.2 Å². The molecule has 0 fully saturated rings. The Morgan fingerprint density at radius 1 is 1.36 bits per heavy atom. The van der Waals surface area contributed by atoms with Gasteiger partial charge in [0, 0.05) is 24.0 Å². The third-order valence-electron chi connectivity index (χ3n) is 4.48. The van der Waals surface area contributed by atoms with Gasteiger partial charge in [0.1, 0.15) is 10.8 Å². The monoisotopic (exact) mass is 400 g/mol. The molecular weight excluding hydrogens is 376 g/mol. The molecule has 0 spiro atoms. The summed E-state index contributed by atoms with van der Waals surface area (Å²) in [4.78, 5) is 28.3. The number of benzene rings is 1. The van der Waals surface area contributed by atoms with Crippen LogP contribution in [0.15, 0.2) is 30.3 Å². The van der Waals surface area contributed by atoms with Gasteiger partial charge in [-0.15, -0.1) is 11.3 Å². The Morgan fingerprint density at radius 3 is 2.93 bits per heavy atom. The van der Waals surface area contributed by atoms with E-state index in [1.807, 2.05) is 31.3 Å². The fraction of sp³-hybridized carbons (Fsp3) is 0.333. The van der Waals surface area contributed by atoms with Crippen LogP contribution in [0.3, 0.4) is 0 Å². The van der Waals surface area contributed by atoms with Crippen LogP contribution in [-0.4, -0.2) is 44.1 Å². The topological polar surface area (TPSA) is 67.9 Å². The van der Waals surface area contributed by atoms with Crippen LogP contribution in [-0.2, 0) is 22.5 Å². The second-order valence-corrected chi connectivity index (χ2v) is 7.62. The van der Waals surface area contributed by atoms with E-state index in [1.165, 1.54) is 17.4 Å². The predicted molar refractivity (Wildman–Crippen MR) is 111 cm³/mol. The molecule has 1 aromatic heterocycles. The predicted octanol–water partition coefficient (Wildman–Crippen LogP) is 3.57. The highest BCUT2D eigenvalue weighted by molar-refractivity contribution is 7.17. The summed E-state index contributed by atoms with van der Waals surface area (Å²) in [5, 5.41) is 3.42. The molecule has 1 aliphatic rings. The molecule has 1 amide bonds. The molecule has 2 aromatic rings. The summed E-state index contributed by atoms with van der Waals surface area (Å²) in [6.45, 7) is 3.72. The standard InChI is InChI=1S/C21H24N2O4S/c1-4-27-21(25)19-16-10-11-23(2)13-17(16)28-20(19)22-18(24)9-8-14-6-5-7-15(12-14)26-3/h5-9,12H,4,10-11,13H2,1-3H3,(H,22,24)/b9-8+. The number of carbonyl (C=O) groups is 2.